The Hall–Kier alpha value is -2.80. The Labute approximate surface area is 139 Å². The van der Waals surface area contributed by atoms with Gasteiger partial charge in [0.2, 0.25) is 0 Å². The van der Waals surface area contributed by atoms with Crippen LogP contribution in [-0.4, -0.2) is 36.8 Å². The Morgan fingerprint density at radius 2 is 2.17 bits per heavy atom. The Kier molecular flexibility index (Phi) is 4.26. The second-order valence-corrected chi connectivity index (χ2v) is 5.91. The lowest BCUT2D eigenvalue weighted by molar-refractivity contribution is 0.0995. The van der Waals surface area contributed by atoms with Gasteiger partial charge in [0.1, 0.15) is 11.4 Å². The number of benzene rings is 1. The third-order valence-electron chi connectivity index (χ3n) is 4.29. The number of fused-ring (bicyclic) bond motifs is 1. The van der Waals surface area contributed by atoms with Crippen molar-refractivity contribution in [1.82, 2.24) is 14.1 Å². The van der Waals surface area contributed by atoms with Crippen LogP contribution in [0, 0.1) is 0 Å². The van der Waals surface area contributed by atoms with Gasteiger partial charge in [0.05, 0.1) is 19.0 Å². The van der Waals surface area contributed by atoms with Gasteiger partial charge in [0.15, 0.2) is 0 Å². The Bertz CT molecular complexity index is 881. The molecule has 3 aromatic rings. The summed E-state index contributed by atoms with van der Waals surface area (Å²) >= 11 is 0. The molecule has 7 heteroatoms. The number of aromatic nitrogens is 3. The number of rotatable bonds is 6. The van der Waals surface area contributed by atoms with Gasteiger partial charge >= 0.3 is 0 Å². The molecule has 0 radical (unpaired) electrons. The molecule has 0 aliphatic rings. The zero-order valence-electron chi connectivity index (χ0n) is 13.4. The molecule has 24 heavy (non-hydrogen) atoms. The van der Waals surface area contributed by atoms with E-state index in [-0.39, 0.29) is 24.1 Å². The van der Waals surface area contributed by atoms with Gasteiger partial charge in [-0.15, -0.1) is 0 Å². The van der Waals surface area contributed by atoms with E-state index in [1.165, 1.54) is 6.33 Å². The lowest BCUT2D eigenvalue weighted by Crippen LogP contribution is -2.14. The van der Waals surface area contributed by atoms with Gasteiger partial charge in [0.25, 0.3) is 5.91 Å². The van der Waals surface area contributed by atoms with Crippen LogP contribution in [0.1, 0.15) is 28.5 Å². The Morgan fingerprint density at radius 1 is 1.38 bits per heavy atom. The molecule has 1 unspecified atom stereocenters. The van der Waals surface area contributed by atoms with Crippen LogP contribution in [0.2, 0.25) is 0 Å². The molecule has 2 aromatic heterocycles. The number of hydrogen-bond donors (Lipinski definition) is 3. The van der Waals surface area contributed by atoms with E-state index < -0.39 is 5.91 Å². The second kappa shape index (κ2) is 6.37. The first-order valence-electron chi connectivity index (χ1n) is 7.70. The molecule has 0 bridgehead atoms. The van der Waals surface area contributed by atoms with Gasteiger partial charge in [-0.3, -0.25) is 4.79 Å². The summed E-state index contributed by atoms with van der Waals surface area (Å²) in [6.07, 6.45) is 6.48. The Morgan fingerprint density at radius 3 is 2.83 bits per heavy atom. The zero-order valence-corrected chi connectivity index (χ0v) is 13.4. The highest BCUT2D eigenvalue weighted by Crippen LogP contribution is 2.27. The van der Waals surface area contributed by atoms with E-state index >= 15 is 0 Å². The van der Waals surface area contributed by atoms with E-state index in [1.54, 1.807) is 22.9 Å². The number of carbonyl (C=O) groups excluding carboxylic acids is 1. The number of aliphatic hydroxyl groups is 1. The standard InChI is InChI=1S/C17H20N4O3/c1-20-7-11(14-6-13(23)4-5-16(14)20)2-3-12(9-22)21-8-15(17(18)24)19-10-21/h4-8,10,12,22-23H,2-3,9H2,1H3,(H2,18,24). The number of aryl methyl sites for hydroxylation is 2. The van der Waals surface area contributed by atoms with Crippen LogP contribution < -0.4 is 5.73 Å². The predicted octanol–water partition coefficient (Wildman–Crippen LogP) is 1.35. The minimum atomic E-state index is -0.588. The van der Waals surface area contributed by atoms with Crippen LogP contribution in [0.5, 0.6) is 5.75 Å². The molecule has 0 aliphatic heterocycles. The number of primary amides is 1. The Balaban J connectivity index is 1.80. The summed E-state index contributed by atoms with van der Waals surface area (Å²) < 4.78 is 3.73. The van der Waals surface area contributed by atoms with Crippen LogP contribution in [0.4, 0.5) is 0 Å². The van der Waals surface area contributed by atoms with Crippen molar-refractivity contribution in [2.75, 3.05) is 6.61 Å². The average molecular weight is 328 g/mol. The summed E-state index contributed by atoms with van der Waals surface area (Å²) in [6, 6.07) is 5.10. The number of carbonyl (C=O) groups is 1. The molecule has 0 spiro atoms. The van der Waals surface area contributed by atoms with Crippen molar-refractivity contribution in [2.24, 2.45) is 12.8 Å². The van der Waals surface area contributed by atoms with Crippen LogP contribution in [0.3, 0.4) is 0 Å². The van der Waals surface area contributed by atoms with Gasteiger partial charge in [-0.2, -0.15) is 0 Å². The number of nitrogens with two attached hydrogens (primary N) is 1. The van der Waals surface area contributed by atoms with Crippen molar-refractivity contribution in [3.05, 3.63) is 48.2 Å². The van der Waals surface area contributed by atoms with E-state index in [0.29, 0.717) is 6.42 Å². The van der Waals surface area contributed by atoms with Crippen LogP contribution in [-0.2, 0) is 13.5 Å². The van der Waals surface area contributed by atoms with Crippen LogP contribution in [0.25, 0.3) is 10.9 Å². The SMILES string of the molecule is Cn1cc(CCC(CO)n2cnc(C(N)=O)c2)c2cc(O)ccc21. The van der Waals surface area contributed by atoms with E-state index in [0.717, 1.165) is 22.9 Å². The monoisotopic (exact) mass is 328 g/mol. The minimum Gasteiger partial charge on any atom is -0.508 e. The maximum absolute atomic E-state index is 11.1. The van der Waals surface area contributed by atoms with Crippen molar-refractivity contribution >= 4 is 16.8 Å². The number of hydrogen-bond acceptors (Lipinski definition) is 4. The topological polar surface area (TPSA) is 106 Å². The highest BCUT2D eigenvalue weighted by atomic mass is 16.3. The lowest BCUT2D eigenvalue weighted by atomic mass is 10.0. The first-order chi connectivity index (χ1) is 11.5. The third-order valence-corrected chi connectivity index (χ3v) is 4.29. The largest absolute Gasteiger partial charge is 0.508 e. The zero-order chi connectivity index (χ0) is 17.3. The maximum atomic E-state index is 11.1. The number of aromatic hydroxyl groups is 1. The van der Waals surface area contributed by atoms with Gasteiger partial charge in [-0.25, -0.2) is 4.98 Å². The van der Waals surface area contributed by atoms with Crippen molar-refractivity contribution in [3.8, 4) is 5.75 Å². The van der Waals surface area contributed by atoms with Gasteiger partial charge in [-0.1, -0.05) is 0 Å². The third kappa shape index (κ3) is 2.98. The molecule has 1 aromatic carbocycles. The lowest BCUT2D eigenvalue weighted by Gasteiger charge is -2.15. The highest BCUT2D eigenvalue weighted by molar-refractivity contribution is 5.90. The molecule has 7 nitrogen and oxygen atoms in total. The molecule has 2 heterocycles. The molecule has 1 amide bonds. The van der Waals surface area contributed by atoms with E-state index in [4.69, 9.17) is 5.73 Å². The van der Waals surface area contributed by atoms with Crippen molar-refractivity contribution in [1.29, 1.82) is 0 Å². The average Bonchev–Trinajstić information content (AvgIpc) is 3.14. The summed E-state index contributed by atoms with van der Waals surface area (Å²) in [5.41, 5.74) is 7.53. The molecular weight excluding hydrogens is 308 g/mol. The molecule has 0 aliphatic carbocycles. The number of phenols is 1. The van der Waals surface area contributed by atoms with E-state index in [2.05, 4.69) is 4.98 Å². The fourth-order valence-corrected chi connectivity index (χ4v) is 2.98. The summed E-state index contributed by atoms with van der Waals surface area (Å²) in [5, 5.41) is 20.4. The van der Waals surface area contributed by atoms with Crippen molar-refractivity contribution in [2.45, 2.75) is 18.9 Å². The smallest absolute Gasteiger partial charge is 0.268 e. The maximum Gasteiger partial charge on any atom is 0.268 e. The summed E-state index contributed by atoms with van der Waals surface area (Å²) in [4.78, 5) is 15.1. The summed E-state index contributed by atoms with van der Waals surface area (Å²) in [5.74, 6) is -0.357. The van der Waals surface area contributed by atoms with Crippen molar-refractivity contribution in [3.63, 3.8) is 0 Å². The van der Waals surface area contributed by atoms with Crippen LogP contribution in [0.15, 0.2) is 36.9 Å². The molecule has 3 rings (SSSR count). The van der Waals surface area contributed by atoms with E-state index in [1.807, 2.05) is 23.9 Å². The minimum absolute atomic E-state index is 0.0649. The molecule has 126 valence electrons. The summed E-state index contributed by atoms with van der Waals surface area (Å²) in [7, 11) is 1.96. The highest BCUT2D eigenvalue weighted by Gasteiger charge is 2.15. The number of phenolic OH excluding ortho intramolecular Hbond substituents is 1. The van der Waals surface area contributed by atoms with Gasteiger partial charge in [-0.05, 0) is 36.6 Å². The van der Waals surface area contributed by atoms with E-state index in [9.17, 15) is 15.0 Å². The van der Waals surface area contributed by atoms with Gasteiger partial charge < -0.3 is 25.1 Å². The molecule has 4 N–H and O–H groups in total. The number of imidazole rings is 1. The van der Waals surface area contributed by atoms with Gasteiger partial charge in [0, 0.05) is 30.3 Å². The molecular formula is C17H20N4O3. The summed E-state index contributed by atoms with van der Waals surface area (Å²) in [6.45, 7) is -0.0649. The number of amides is 1. The predicted molar refractivity (Wildman–Crippen MR) is 89.8 cm³/mol. The molecule has 0 fully saturated rings. The fourth-order valence-electron chi connectivity index (χ4n) is 2.98. The normalized spacial score (nSPS) is 12.6. The van der Waals surface area contributed by atoms with Crippen molar-refractivity contribution < 1.29 is 15.0 Å². The quantitative estimate of drug-likeness (QED) is 0.635. The number of aliphatic hydroxyl groups excluding tert-OH is 1. The number of nitrogens with zero attached hydrogens (tertiary/aromatic N) is 3. The van der Waals surface area contributed by atoms with Crippen LogP contribution >= 0.6 is 0 Å². The molecule has 0 saturated heterocycles. The second-order valence-electron chi connectivity index (χ2n) is 5.91. The molecule has 0 saturated carbocycles. The first kappa shape index (κ1) is 16.1. The first-order valence-corrected chi connectivity index (χ1v) is 7.70. The molecule has 1 atom stereocenters. The fraction of sp³-hybridized carbons (Fsp3) is 0.294.